The van der Waals surface area contributed by atoms with Crippen molar-refractivity contribution < 1.29 is 14.3 Å². The first kappa shape index (κ1) is 19.6. The molecule has 0 spiro atoms. The number of halogens is 1. The maximum absolute atomic E-state index is 12.7. The quantitative estimate of drug-likeness (QED) is 0.619. The number of amides is 1. The van der Waals surface area contributed by atoms with Crippen LogP contribution in [-0.4, -0.2) is 35.3 Å². The Kier molecular flexibility index (Phi) is 6.45. The van der Waals surface area contributed by atoms with Crippen LogP contribution in [-0.2, 0) is 16.1 Å². The van der Waals surface area contributed by atoms with E-state index >= 15 is 0 Å². The molecule has 1 aromatic heterocycles. The molecule has 0 atom stereocenters. The molecule has 28 heavy (non-hydrogen) atoms. The number of ether oxygens (including phenoxy) is 1. The second-order valence-electron chi connectivity index (χ2n) is 6.16. The third-order valence-electron chi connectivity index (χ3n) is 4.15. The summed E-state index contributed by atoms with van der Waals surface area (Å²) in [6.07, 6.45) is 1.82. The molecule has 2 aromatic carbocycles. The van der Waals surface area contributed by atoms with Crippen LogP contribution in [0.25, 0.3) is 11.3 Å². The summed E-state index contributed by atoms with van der Waals surface area (Å²) in [6, 6.07) is 17.0. The van der Waals surface area contributed by atoms with Crippen LogP contribution < -0.4 is 5.32 Å². The van der Waals surface area contributed by atoms with Gasteiger partial charge in [-0.05, 0) is 17.7 Å². The average Bonchev–Trinajstić information content (AvgIpc) is 3.13. The molecule has 6 nitrogen and oxygen atoms in total. The number of aromatic nitrogens is 2. The van der Waals surface area contributed by atoms with Gasteiger partial charge in [0.05, 0.1) is 25.6 Å². The Morgan fingerprint density at radius 2 is 1.82 bits per heavy atom. The van der Waals surface area contributed by atoms with Crippen LogP contribution in [0, 0.1) is 0 Å². The molecule has 0 saturated carbocycles. The van der Waals surface area contributed by atoms with Gasteiger partial charge in [0.2, 0.25) is 0 Å². The zero-order chi connectivity index (χ0) is 19.9. The van der Waals surface area contributed by atoms with E-state index in [-0.39, 0.29) is 24.8 Å². The topological polar surface area (TPSA) is 73.2 Å². The molecule has 1 amide bonds. The highest BCUT2D eigenvalue weighted by molar-refractivity contribution is 6.30. The van der Waals surface area contributed by atoms with E-state index in [1.807, 2.05) is 42.5 Å². The minimum atomic E-state index is -0.377. The number of hydrogen-bond donors (Lipinski definition) is 1. The van der Waals surface area contributed by atoms with Gasteiger partial charge in [-0.15, -0.1) is 0 Å². The molecule has 0 bridgehead atoms. The number of esters is 1. The Morgan fingerprint density at radius 3 is 2.50 bits per heavy atom. The Morgan fingerprint density at radius 1 is 1.11 bits per heavy atom. The monoisotopic (exact) mass is 397 g/mol. The maximum Gasteiger partial charge on any atom is 0.307 e. The molecule has 0 fully saturated rings. The fraction of sp³-hybridized carbons (Fsp3) is 0.190. The normalized spacial score (nSPS) is 10.5. The second kappa shape index (κ2) is 9.19. The number of carbonyl (C=O) groups is 2. The first-order chi connectivity index (χ1) is 13.6. The molecular formula is C21H20ClN3O3. The highest BCUT2D eigenvalue weighted by Crippen LogP contribution is 2.24. The van der Waals surface area contributed by atoms with E-state index in [9.17, 15) is 9.59 Å². The lowest BCUT2D eigenvalue weighted by Crippen LogP contribution is -2.26. The highest BCUT2D eigenvalue weighted by atomic mass is 35.5. The van der Waals surface area contributed by atoms with Crippen molar-refractivity contribution in [3.05, 3.63) is 76.9 Å². The number of nitrogens with one attached hydrogen (secondary N) is 1. The largest absolute Gasteiger partial charge is 0.469 e. The fourth-order valence-corrected chi connectivity index (χ4v) is 2.86. The van der Waals surface area contributed by atoms with Gasteiger partial charge in [-0.25, -0.2) is 0 Å². The SMILES string of the molecule is COC(=O)CCNC(=O)c1cn(Cc2ccccc2)nc1-c1ccc(Cl)cc1. The lowest BCUT2D eigenvalue weighted by Gasteiger charge is -2.05. The van der Waals surface area contributed by atoms with Gasteiger partial charge >= 0.3 is 5.97 Å². The number of carbonyl (C=O) groups excluding carboxylic acids is 2. The molecule has 7 heteroatoms. The summed E-state index contributed by atoms with van der Waals surface area (Å²) in [6.45, 7) is 0.728. The zero-order valence-corrected chi connectivity index (χ0v) is 16.1. The van der Waals surface area contributed by atoms with Crippen LogP contribution in [0.3, 0.4) is 0 Å². The molecule has 0 aliphatic heterocycles. The number of hydrogen-bond acceptors (Lipinski definition) is 4. The van der Waals surface area contributed by atoms with Gasteiger partial charge in [0.1, 0.15) is 5.69 Å². The average molecular weight is 398 g/mol. The van der Waals surface area contributed by atoms with E-state index in [1.165, 1.54) is 7.11 Å². The molecule has 0 radical (unpaired) electrons. The zero-order valence-electron chi connectivity index (χ0n) is 15.4. The maximum atomic E-state index is 12.7. The van der Waals surface area contributed by atoms with E-state index in [0.29, 0.717) is 22.8 Å². The van der Waals surface area contributed by atoms with Crippen LogP contribution in [0.5, 0.6) is 0 Å². The molecule has 0 aliphatic rings. The van der Waals surface area contributed by atoms with E-state index in [2.05, 4.69) is 15.2 Å². The Hall–Kier alpha value is -3.12. The van der Waals surface area contributed by atoms with Crippen molar-refractivity contribution in [2.24, 2.45) is 0 Å². The Labute approximate surface area is 168 Å². The van der Waals surface area contributed by atoms with E-state index < -0.39 is 0 Å². The van der Waals surface area contributed by atoms with Crippen molar-refractivity contribution in [1.82, 2.24) is 15.1 Å². The molecule has 1 N–H and O–H groups in total. The fourth-order valence-electron chi connectivity index (χ4n) is 2.74. The van der Waals surface area contributed by atoms with Gasteiger partial charge in [-0.2, -0.15) is 5.10 Å². The first-order valence-electron chi connectivity index (χ1n) is 8.79. The molecule has 0 saturated heterocycles. The lowest BCUT2D eigenvalue weighted by molar-refractivity contribution is -0.140. The molecule has 3 rings (SSSR count). The van der Waals surface area contributed by atoms with Crippen molar-refractivity contribution in [2.75, 3.05) is 13.7 Å². The smallest absolute Gasteiger partial charge is 0.307 e. The summed E-state index contributed by atoms with van der Waals surface area (Å²) >= 11 is 5.98. The minimum absolute atomic E-state index is 0.108. The predicted octanol–water partition coefficient (Wildman–Crippen LogP) is 3.54. The standard InChI is InChI=1S/C21H20ClN3O3/c1-28-19(26)11-12-23-21(27)18-14-25(13-15-5-3-2-4-6-15)24-20(18)16-7-9-17(22)10-8-16/h2-10,14H,11-13H2,1H3,(H,23,27). The van der Waals surface area contributed by atoms with Crippen LogP contribution in [0.4, 0.5) is 0 Å². The van der Waals surface area contributed by atoms with E-state index in [1.54, 1.807) is 23.0 Å². The molecule has 0 unspecified atom stereocenters. The number of rotatable bonds is 7. The van der Waals surface area contributed by atoms with Gasteiger partial charge in [0, 0.05) is 23.3 Å². The van der Waals surface area contributed by atoms with Crippen molar-refractivity contribution in [3.8, 4) is 11.3 Å². The van der Waals surface area contributed by atoms with Crippen LogP contribution in [0.15, 0.2) is 60.8 Å². The van der Waals surface area contributed by atoms with Crippen LogP contribution in [0.1, 0.15) is 22.3 Å². The third-order valence-corrected chi connectivity index (χ3v) is 4.41. The van der Waals surface area contributed by atoms with E-state index in [4.69, 9.17) is 11.6 Å². The Balaban J connectivity index is 1.86. The number of benzene rings is 2. The molecule has 144 valence electrons. The van der Waals surface area contributed by atoms with Crippen LogP contribution in [0.2, 0.25) is 5.02 Å². The van der Waals surface area contributed by atoms with Gasteiger partial charge in [-0.1, -0.05) is 54.1 Å². The summed E-state index contributed by atoms with van der Waals surface area (Å²) in [5.74, 6) is -0.675. The molecular weight excluding hydrogens is 378 g/mol. The van der Waals surface area contributed by atoms with Gasteiger partial charge in [-0.3, -0.25) is 14.3 Å². The highest BCUT2D eigenvalue weighted by Gasteiger charge is 2.18. The summed E-state index contributed by atoms with van der Waals surface area (Å²) in [5.41, 5.74) is 2.85. The number of methoxy groups -OCH3 is 1. The molecule has 3 aromatic rings. The van der Waals surface area contributed by atoms with Crippen molar-refractivity contribution in [2.45, 2.75) is 13.0 Å². The van der Waals surface area contributed by atoms with Gasteiger partial charge in [0.15, 0.2) is 0 Å². The summed E-state index contributed by atoms with van der Waals surface area (Å²) in [4.78, 5) is 24.0. The predicted molar refractivity (Wildman–Crippen MR) is 107 cm³/mol. The van der Waals surface area contributed by atoms with Crippen molar-refractivity contribution in [3.63, 3.8) is 0 Å². The molecule has 1 heterocycles. The molecule has 0 aliphatic carbocycles. The van der Waals surface area contributed by atoms with Crippen molar-refractivity contribution in [1.29, 1.82) is 0 Å². The summed E-state index contributed by atoms with van der Waals surface area (Å²) in [7, 11) is 1.32. The second-order valence-corrected chi connectivity index (χ2v) is 6.60. The lowest BCUT2D eigenvalue weighted by atomic mass is 10.1. The van der Waals surface area contributed by atoms with Gasteiger partial charge < -0.3 is 10.1 Å². The number of nitrogens with zero attached hydrogens (tertiary/aromatic N) is 2. The minimum Gasteiger partial charge on any atom is -0.469 e. The van der Waals surface area contributed by atoms with Gasteiger partial charge in [0.25, 0.3) is 5.91 Å². The van der Waals surface area contributed by atoms with E-state index in [0.717, 1.165) is 11.1 Å². The summed E-state index contributed by atoms with van der Waals surface area (Å²) in [5, 5.41) is 7.96. The third kappa shape index (κ3) is 4.98. The van der Waals surface area contributed by atoms with Crippen molar-refractivity contribution >= 4 is 23.5 Å². The Bertz CT molecular complexity index is 953. The first-order valence-corrected chi connectivity index (χ1v) is 9.17. The van der Waals surface area contributed by atoms with Crippen LogP contribution >= 0.6 is 11.6 Å². The summed E-state index contributed by atoms with van der Waals surface area (Å²) < 4.78 is 6.32.